The van der Waals surface area contributed by atoms with E-state index in [9.17, 15) is 18.4 Å². The van der Waals surface area contributed by atoms with Gasteiger partial charge in [-0.1, -0.05) is 29.3 Å². The maximum atomic E-state index is 13.2. The molecule has 24 heavy (non-hydrogen) atoms. The summed E-state index contributed by atoms with van der Waals surface area (Å²) < 4.78 is 31.2. The Kier molecular flexibility index (Phi) is 5.51. The van der Waals surface area contributed by atoms with Gasteiger partial charge in [0.2, 0.25) is 0 Å². The van der Waals surface area contributed by atoms with Crippen molar-refractivity contribution in [3.05, 3.63) is 64.2 Å². The molecule has 0 radical (unpaired) electrons. The fourth-order valence-corrected chi connectivity index (χ4v) is 2.06. The van der Waals surface area contributed by atoms with Crippen molar-refractivity contribution >= 4 is 29.2 Å². The molecule has 2 aromatic carbocycles. The van der Waals surface area contributed by atoms with E-state index in [1.54, 1.807) is 12.1 Å². The van der Waals surface area contributed by atoms with E-state index in [0.717, 1.165) is 5.56 Å². The summed E-state index contributed by atoms with van der Waals surface area (Å²) >= 11 is 5.70. The summed E-state index contributed by atoms with van der Waals surface area (Å²) in [6.45, 7) is 3.26. The number of carbonyl (C=O) groups excluding carboxylic acids is 2. The highest BCUT2D eigenvalue weighted by Crippen LogP contribution is 2.21. The molecule has 0 fully saturated rings. The van der Waals surface area contributed by atoms with E-state index in [0.29, 0.717) is 17.8 Å². The standard InChI is InChI=1S/C17H14ClF2NO3/c1-9-3-5-11(6-4-9)21-16(22)10(2)24-17(23)12-7-14(19)15(20)8-13(12)18/h3-8,10H,1-2H3,(H,21,22)/t10-/m1/s1. The van der Waals surface area contributed by atoms with Crippen molar-refractivity contribution in [2.24, 2.45) is 0 Å². The third kappa shape index (κ3) is 4.29. The second-order valence-corrected chi connectivity index (χ2v) is 5.56. The summed E-state index contributed by atoms with van der Waals surface area (Å²) in [5.74, 6) is -4.00. The maximum Gasteiger partial charge on any atom is 0.340 e. The van der Waals surface area contributed by atoms with Crippen LogP contribution in [0.25, 0.3) is 0 Å². The number of aryl methyl sites for hydroxylation is 1. The molecule has 0 saturated heterocycles. The average Bonchev–Trinajstić information content (AvgIpc) is 2.52. The minimum absolute atomic E-state index is 0.301. The van der Waals surface area contributed by atoms with Gasteiger partial charge in [-0.05, 0) is 38.1 Å². The van der Waals surface area contributed by atoms with Gasteiger partial charge in [0.1, 0.15) is 0 Å². The van der Waals surface area contributed by atoms with Crippen LogP contribution in [0.2, 0.25) is 5.02 Å². The molecule has 0 aromatic heterocycles. The molecule has 1 N–H and O–H groups in total. The summed E-state index contributed by atoms with van der Waals surface area (Å²) in [4.78, 5) is 24.0. The van der Waals surface area contributed by atoms with Crippen LogP contribution < -0.4 is 5.32 Å². The number of nitrogens with one attached hydrogen (secondary N) is 1. The number of hydrogen-bond donors (Lipinski definition) is 1. The average molecular weight is 354 g/mol. The molecule has 0 saturated carbocycles. The molecule has 0 aliphatic carbocycles. The number of carbonyl (C=O) groups is 2. The Morgan fingerprint density at radius 2 is 1.71 bits per heavy atom. The molecule has 0 bridgehead atoms. The molecule has 0 spiro atoms. The Morgan fingerprint density at radius 1 is 1.12 bits per heavy atom. The fraction of sp³-hybridized carbons (Fsp3) is 0.176. The van der Waals surface area contributed by atoms with Gasteiger partial charge in [-0.2, -0.15) is 0 Å². The minimum atomic E-state index is -1.23. The van der Waals surface area contributed by atoms with Crippen LogP contribution in [0.15, 0.2) is 36.4 Å². The molecule has 126 valence electrons. The van der Waals surface area contributed by atoms with Gasteiger partial charge in [0.25, 0.3) is 5.91 Å². The number of rotatable bonds is 4. The number of halogens is 3. The van der Waals surface area contributed by atoms with Gasteiger partial charge < -0.3 is 10.1 Å². The highest BCUT2D eigenvalue weighted by atomic mass is 35.5. The summed E-state index contributed by atoms with van der Waals surface area (Å²) in [5.41, 5.74) is 1.21. The van der Waals surface area contributed by atoms with Crippen LogP contribution in [0.5, 0.6) is 0 Å². The zero-order chi connectivity index (χ0) is 17.9. The highest BCUT2D eigenvalue weighted by molar-refractivity contribution is 6.33. The second-order valence-electron chi connectivity index (χ2n) is 5.15. The van der Waals surface area contributed by atoms with Gasteiger partial charge in [-0.25, -0.2) is 13.6 Å². The Hall–Kier alpha value is -2.47. The van der Waals surface area contributed by atoms with Crippen LogP contribution in [0.1, 0.15) is 22.8 Å². The van der Waals surface area contributed by atoms with Gasteiger partial charge in [-0.15, -0.1) is 0 Å². The largest absolute Gasteiger partial charge is 0.449 e. The number of anilines is 1. The lowest BCUT2D eigenvalue weighted by molar-refractivity contribution is -0.123. The Morgan fingerprint density at radius 3 is 2.33 bits per heavy atom. The molecular weight excluding hydrogens is 340 g/mol. The zero-order valence-electron chi connectivity index (χ0n) is 12.9. The van der Waals surface area contributed by atoms with Crippen LogP contribution >= 0.6 is 11.6 Å². The number of benzene rings is 2. The SMILES string of the molecule is Cc1ccc(NC(=O)[C@@H](C)OC(=O)c2cc(F)c(F)cc2Cl)cc1. The predicted molar refractivity (Wildman–Crippen MR) is 86.1 cm³/mol. The van der Waals surface area contributed by atoms with Crippen LogP contribution in [0, 0.1) is 18.6 Å². The molecule has 7 heteroatoms. The van der Waals surface area contributed by atoms with E-state index in [1.807, 2.05) is 19.1 Å². The monoisotopic (exact) mass is 353 g/mol. The third-order valence-electron chi connectivity index (χ3n) is 3.20. The van der Waals surface area contributed by atoms with E-state index in [1.165, 1.54) is 6.92 Å². The topological polar surface area (TPSA) is 55.4 Å². The molecule has 0 aliphatic rings. The third-order valence-corrected chi connectivity index (χ3v) is 3.51. The molecule has 2 aromatic rings. The van der Waals surface area contributed by atoms with Crippen molar-refractivity contribution in [1.29, 1.82) is 0 Å². The van der Waals surface area contributed by atoms with Crippen molar-refractivity contribution in [2.75, 3.05) is 5.32 Å². The molecular formula is C17H14ClF2NO3. The quantitative estimate of drug-likeness (QED) is 0.664. The normalized spacial score (nSPS) is 11.7. The Labute approximate surface area is 142 Å². The summed E-state index contributed by atoms with van der Waals surface area (Å²) in [5, 5.41) is 2.28. The van der Waals surface area contributed by atoms with E-state index < -0.39 is 29.6 Å². The van der Waals surface area contributed by atoms with Crippen molar-refractivity contribution in [3.8, 4) is 0 Å². The first-order valence-electron chi connectivity index (χ1n) is 7.01. The number of amides is 1. The lowest BCUT2D eigenvalue weighted by Crippen LogP contribution is -2.30. The van der Waals surface area contributed by atoms with Crippen LogP contribution in [0.4, 0.5) is 14.5 Å². The lowest BCUT2D eigenvalue weighted by atomic mass is 10.2. The number of hydrogen-bond acceptors (Lipinski definition) is 3. The Balaban J connectivity index is 2.04. The fourth-order valence-electron chi connectivity index (χ4n) is 1.84. The van der Waals surface area contributed by atoms with Crippen molar-refractivity contribution < 1.29 is 23.1 Å². The van der Waals surface area contributed by atoms with Crippen LogP contribution in [0.3, 0.4) is 0 Å². The number of esters is 1. The molecule has 0 aliphatic heterocycles. The number of ether oxygens (including phenoxy) is 1. The summed E-state index contributed by atoms with van der Waals surface area (Å²) in [7, 11) is 0. The van der Waals surface area contributed by atoms with E-state index in [4.69, 9.17) is 16.3 Å². The molecule has 1 amide bonds. The van der Waals surface area contributed by atoms with E-state index in [2.05, 4.69) is 5.32 Å². The van der Waals surface area contributed by atoms with Gasteiger partial charge >= 0.3 is 5.97 Å². The first kappa shape index (κ1) is 17.9. The summed E-state index contributed by atoms with van der Waals surface area (Å²) in [6, 6.07) is 8.33. The Bertz CT molecular complexity index is 778. The lowest BCUT2D eigenvalue weighted by Gasteiger charge is -2.14. The van der Waals surface area contributed by atoms with Crippen molar-refractivity contribution in [1.82, 2.24) is 0 Å². The van der Waals surface area contributed by atoms with Crippen LogP contribution in [-0.4, -0.2) is 18.0 Å². The predicted octanol–water partition coefficient (Wildman–Crippen LogP) is 4.11. The van der Waals surface area contributed by atoms with E-state index in [-0.39, 0.29) is 10.6 Å². The van der Waals surface area contributed by atoms with Crippen molar-refractivity contribution in [3.63, 3.8) is 0 Å². The molecule has 1 atom stereocenters. The van der Waals surface area contributed by atoms with Gasteiger partial charge in [0, 0.05) is 5.69 Å². The van der Waals surface area contributed by atoms with Gasteiger partial charge in [0.05, 0.1) is 10.6 Å². The minimum Gasteiger partial charge on any atom is -0.449 e. The van der Waals surface area contributed by atoms with Crippen molar-refractivity contribution in [2.45, 2.75) is 20.0 Å². The maximum absolute atomic E-state index is 13.2. The van der Waals surface area contributed by atoms with Crippen LogP contribution in [-0.2, 0) is 9.53 Å². The molecule has 2 rings (SSSR count). The van der Waals surface area contributed by atoms with Gasteiger partial charge in [0.15, 0.2) is 17.7 Å². The van der Waals surface area contributed by atoms with E-state index >= 15 is 0 Å². The summed E-state index contributed by atoms with van der Waals surface area (Å²) in [6.07, 6.45) is -1.15. The first-order valence-corrected chi connectivity index (χ1v) is 7.39. The van der Waals surface area contributed by atoms with Gasteiger partial charge in [-0.3, -0.25) is 4.79 Å². The molecule has 0 unspecified atom stereocenters. The zero-order valence-corrected chi connectivity index (χ0v) is 13.7. The first-order chi connectivity index (χ1) is 11.3. The second kappa shape index (κ2) is 7.40. The molecule has 0 heterocycles. The highest BCUT2D eigenvalue weighted by Gasteiger charge is 2.22. The molecule has 4 nitrogen and oxygen atoms in total. The smallest absolute Gasteiger partial charge is 0.340 e.